The van der Waals surface area contributed by atoms with Crippen molar-refractivity contribution < 1.29 is 18.7 Å². The number of halogens is 1. The first-order valence-corrected chi connectivity index (χ1v) is 5.92. The van der Waals surface area contributed by atoms with Gasteiger partial charge in [-0.2, -0.15) is 0 Å². The molecule has 2 aromatic rings. The lowest BCUT2D eigenvalue weighted by molar-refractivity contribution is -0.137. The molecule has 0 atom stereocenters. The molecular weight excluding hydrogens is 249 g/mol. The number of carbonyl (C=O) groups is 2. The maximum Gasteiger partial charge on any atom is 0.379 e. The fraction of sp³-hybridized carbons (Fsp3) is 0.286. The molecule has 1 aromatic heterocycles. The standard InChI is InChI=1S/C14H14FNO3/c1-4-19-14(18)13(17)10-7-12-9(6-11(10)15)5-8(2)16(12)3/h5-7H,4H2,1-3H3. The van der Waals surface area contributed by atoms with Crippen LogP contribution in [-0.4, -0.2) is 22.9 Å². The number of fused-ring (bicyclic) bond motifs is 1. The van der Waals surface area contributed by atoms with Gasteiger partial charge in [-0.05, 0) is 32.0 Å². The summed E-state index contributed by atoms with van der Waals surface area (Å²) < 4.78 is 20.3. The van der Waals surface area contributed by atoms with Crippen LogP contribution < -0.4 is 0 Å². The summed E-state index contributed by atoms with van der Waals surface area (Å²) in [6, 6.07) is 4.46. The van der Waals surface area contributed by atoms with Crippen molar-refractivity contribution in [2.45, 2.75) is 13.8 Å². The van der Waals surface area contributed by atoms with Gasteiger partial charge in [0, 0.05) is 23.6 Å². The van der Waals surface area contributed by atoms with Crippen molar-refractivity contribution in [3.05, 3.63) is 35.3 Å². The molecule has 0 bridgehead atoms. The van der Waals surface area contributed by atoms with E-state index in [0.717, 1.165) is 5.69 Å². The molecule has 0 radical (unpaired) electrons. The van der Waals surface area contributed by atoms with E-state index in [-0.39, 0.29) is 12.2 Å². The van der Waals surface area contributed by atoms with Crippen LogP contribution in [0, 0.1) is 12.7 Å². The van der Waals surface area contributed by atoms with Crippen LogP contribution in [0.3, 0.4) is 0 Å². The molecule has 0 saturated carbocycles. The summed E-state index contributed by atoms with van der Waals surface area (Å²) in [5.74, 6) is -2.71. The molecule has 2 rings (SSSR count). The second kappa shape index (κ2) is 4.84. The van der Waals surface area contributed by atoms with Gasteiger partial charge in [-0.1, -0.05) is 0 Å². The van der Waals surface area contributed by atoms with Crippen LogP contribution in [0.2, 0.25) is 0 Å². The van der Waals surface area contributed by atoms with Crippen molar-refractivity contribution in [3.8, 4) is 0 Å². The van der Waals surface area contributed by atoms with Crippen LogP contribution in [0.1, 0.15) is 23.0 Å². The zero-order valence-corrected chi connectivity index (χ0v) is 11.0. The Morgan fingerprint density at radius 2 is 2.00 bits per heavy atom. The summed E-state index contributed by atoms with van der Waals surface area (Å²) in [6.45, 7) is 3.55. The third-order valence-corrected chi connectivity index (χ3v) is 3.08. The smallest absolute Gasteiger partial charge is 0.379 e. The quantitative estimate of drug-likeness (QED) is 0.485. The van der Waals surface area contributed by atoms with Crippen LogP contribution in [0.4, 0.5) is 4.39 Å². The van der Waals surface area contributed by atoms with E-state index in [1.54, 1.807) is 6.92 Å². The van der Waals surface area contributed by atoms with Gasteiger partial charge >= 0.3 is 5.97 Å². The molecule has 1 heterocycles. The highest BCUT2D eigenvalue weighted by Crippen LogP contribution is 2.22. The number of carbonyl (C=O) groups excluding carboxylic acids is 2. The van der Waals surface area contributed by atoms with E-state index >= 15 is 0 Å². The van der Waals surface area contributed by atoms with Crippen molar-refractivity contribution in [2.24, 2.45) is 7.05 Å². The number of hydrogen-bond acceptors (Lipinski definition) is 3. The Morgan fingerprint density at radius 3 is 2.63 bits per heavy atom. The van der Waals surface area contributed by atoms with Crippen molar-refractivity contribution in [3.63, 3.8) is 0 Å². The van der Waals surface area contributed by atoms with E-state index in [2.05, 4.69) is 4.74 Å². The van der Waals surface area contributed by atoms with Crippen LogP contribution in [0.15, 0.2) is 18.2 Å². The number of Topliss-reactive ketones (excluding diaryl/α,β-unsaturated/α-hetero) is 1. The summed E-state index contributed by atoms with van der Waals surface area (Å²) in [5.41, 5.74) is 1.38. The fourth-order valence-electron chi connectivity index (χ4n) is 1.98. The highest BCUT2D eigenvalue weighted by molar-refractivity contribution is 6.41. The first kappa shape index (κ1) is 13.3. The number of nitrogens with zero attached hydrogens (tertiary/aromatic N) is 1. The molecule has 0 unspecified atom stereocenters. The Kier molecular flexibility index (Phi) is 3.38. The molecule has 5 heteroatoms. The van der Waals surface area contributed by atoms with E-state index in [4.69, 9.17) is 0 Å². The van der Waals surface area contributed by atoms with E-state index in [0.29, 0.717) is 10.9 Å². The van der Waals surface area contributed by atoms with Crippen molar-refractivity contribution in [2.75, 3.05) is 6.61 Å². The molecule has 0 spiro atoms. The number of esters is 1. The number of ether oxygens (including phenoxy) is 1. The second-order valence-electron chi connectivity index (χ2n) is 4.29. The Morgan fingerprint density at radius 1 is 1.32 bits per heavy atom. The summed E-state index contributed by atoms with van der Waals surface area (Å²) >= 11 is 0. The Balaban J connectivity index is 2.54. The van der Waals surface area contributed by atoms with Gasteiger partial charge in [-0.25, -0.2) is 9.18 Å². The van der Waals surface area contributed by atoms with Crippen molar-refractivity contribution >= 4 is 22.7 Å². The average Bonchev–Trinajstić information content (AvgIpc) is 2.63. The molecule has 4 nitrogen and oxygen atoms in total. The lowest BCUT2D eigenvalue weighted by Gasteiger charge is -2.04. The summed E-state index contributed by atoms with van der Waals surface area (Å²) in [6.07, 6.45) is 0. The minimum absolute atomic E-state index is 0.0811. The zero-order chi connectivity index (χ0) is 14.2. The minimum Gasteiger partial charge on any atom is -0.460 e. The number of aromatic nitrogens is 1. The first-order chi connectivity index (χ1) is 8.95. The second-order valence-corrected chi connectivity index (χ2v) is 4.29. The van der Waals surface area contributed by atoms with Gasteiger partial charge in [0.2, 0.25) is 0 Å². The lowest BCUT2D eigenvalue weighted by Crippen LogP contribution is -2.18. The van der Waals surface area contributed by atoms with E-state index in [1.165, 1.54) is 12.1 Å². The molecule has 19 heavy (non-hydrogen) atoms. The normalized spacial score (nSPS) is 10.7. The van der Waals surface area contributed by atoms with Crippen LogP contribution in [0.25, 0.3) is 10.9 Å². The van der Waals surface area contributed by atoms with Crippen LogP contribution in [-0.2, 0) is 16.6 Å². The number of hydrogen-bond donors (Lipinski definition) is 0. The Bertz CT molecular complexity index is 673. The molecular formula is C14H14FNO3. The third kappa shape index (κ3) is 2.23. The van der Waals surface area contributed by atoms with Gasteiger partial charge < -0.3 is 9.30 Å². The molecule has 0 saturated heterocycles. The maximum atomic E-state index is 13.9. The molecule has 100 valence electrons. The monoisotopic (exact) mass is 263 g/mol. The Labute approximate surface area is 109 Å². The van der Waals surface area contributed by atoms with Gasteiger partial charge in [-0.15, -0.1) is 0 Å². The maximum absolute atomic E-state index is 13.9. The fourth-order valence-corrected chi connectivity index (χ4v) is 1.98. The van der Waals surface area contributed by atoms with Gasteiger partial charge in [0.1, 0.15) is 5.82 Å². The highest BCUT2D eigenvalue weighted by Gasteiger charge is 2.22. The van der Waals surface area contributed by atoms with Gasteiger partial charge in [0.15, 0.2) is 0 Å². The molecule has 0 aliphatic carbocycles. The van der Waals surface area contributed by atoms with E-state index in [1.807, 2.05) is 24.6 Å². The van der Waals surface area contributed by atoms with E-state index in [9.17, 15) is 14.0 Å². The third-order valence-electron chi connectivity index (χ3n) is 3.08. The molecule has 0 amide bonds. The molecule has 0 N–H and O–H groups in total. The average molecular weight is 263 g/mol. The number of rotatable bonds is 3. The number of aryl methyl sites for hydroxylation is 2. The predicted octanol–water partition coefficient (Wildman–Crippen LogP) is 2.37. The van der Waals surface area contributed by atoms with Gasteiger partial charge in [0.05, 0.1) is 12.2 Å². The Hall–Kier alpha value is -2.17. The summed E-state index contributed by atoms with van der Waals surface area (Å²) in [7, 11) is 1.81. The molecule has 1 aromatic carbocycles. The summed E-state index contributed by atoms with van der Waals surface area (Å²) in [4.78, 5) is 23.2. The van der Waals surface area contributed by atoms with Crippen LogP contribution >= 0.6 is 0 Å². The van der Waals surface area contributed by atoms with Gasteiger partial charge in [0.25, 0.3) is 5.78 Å². The van der Waals surface area contributed by atoms with Gasteiger partial charge in [-0.3, -0.25) is 4.79 Å². The summed E-state index contributed by atoms with van der Waals surface area (Å²) in [5, 5.41) is 0.693. The topological polar surface area (TPSA) is 48.3 Å². The zero-order valence-electron chi connectivity index (χ0n) is 11.0. The van der Waals surface area contributed by atoms with Crippen LogP contribution in [0.5, 0.6) is 0 Å². The first-order valence-electron chi connectivity index (χ1n) is 5.92. The molecule has 0 aliphatic rings. The van der Waals surface area contributed by atoms with Crippen molar-refractivity contribution in [1.82, 2.24) is 4.57 Å². The van der Waals surface area contributed by atoms with E-state index < -0.39 is 17.6 Å². The highest BCUT2D eigenvalue weighted by atomic mass is 19.1. The lowest BCUT2D eigenvalue weighted by atomic mass is 10.1. The number of benzene rings is 1. The molecule has 0 aliphatic heterocycles. The minimum atomic E-state index is -1.04. The molecule has 0 fully saturated rings. The predicted molar refractivity (Wildman–Crippen MR) is 68.6 cm³/mol. The van der Waals surface area contributed by atoms with Crippen molar-refractivity contribution in [1.29, 1.82) is 0 Å². The number of ketones is 1. The SMILES string of the molecule is CCOC(=O)C(=O)c1cc2c(cc1F)cc(C)n2C. The largest absolute Gasteiger partial charge is 0.460 e.